The molecule has 4 nitrogen and oxygen atoms in total. The van der Waals surface area contributed by atoms with Crippen molar-refractivity contribution < 1.29 is 15.3 Å². The first-order valence-corrected chi connectivity index (χ1v) is 4.30. The summed E-state index contributed by atoms with van der Waals surface area (Å²) in [5, 5.41) is 9.16. The molecule has 0 aliphatic heterocycles. The highest BCUT2D eigenvalue weighted by Crippen LogP contribution is 2.15. The van der Waals surface area contributed by atoms with Crippen LogP contribution in [0.15, 0.2) is 24.3 Å². The van der Waals surface area contributed by atoms with Gasteiger partial charge < -0.3 is 21.1 Å². The maximum atomic E-state index is 9.16. The molecule has 88 valence electrons. The molecule has 1 unspecified atom stereocenters. The molecule has 0 fully saturated rings. The Morgan fingerprint density at radius 2 is 2.00 bits per heavy atom. The van der Waals surface area contributed by atoms with Crippen molar-refractivity contribution in [3.05, 3.63) is 29.8 Å². The summed E-state index contributed by atoms with van der Waals surface area (Å²) in [5.74, 6) is 0.801. The molecule has 1 atom stereocenters. The standard InChI is InChI=1S/C10H15NO2.ClH.H2O/c1-8-4-2-3-5-10(8)13-7-9(12)6-11;;/h2-5,9,12H,6-7,11H2,1H3;1H;1H2. The zero-order valence-electron chi connectivity index (χ0n) is 8.64. The Balaban J connectivity index is 0. The SMILES string of the molecule is Cc1ccccc1OCC(O)CN.Cl.O. The third-order valence-corrected chi connectivity index (χ3v) is 1.80. The van der Waals surface area contributed by atoms with E-state index in [1.54, 1.807) is 0 Å². The van der Waals surface area contributed by atoms with Crippen LogP contribution >= 0.6 is 12.4 Å². The molecule has 0 aliphatic rings. The van der Waals surface area contributed by atoms with E-state index in [9.17, 15) is 0 Å². The fourth-order valence-electron chi connectivity index (χ4n) is 0.972. The maximum absolute atomic E-state index is 9.16. The molecule has 0 aliphatic carbocycles. The molecule has 1 aromatic carbocycles. The fourth-order valence-corrected chi connectivity index (χ4v) is 0.972. The van der Waals surface area contributed by atoms with E-state index >= 15 is 0 Å². The number of halogens is 1. The van der Waals surface area contributed by atoms with E-state index in [0.29, 0.717) is 0 Å². The summed E-state index contributed by atoms with van der Waals surface area (Å²) in [5.41, 5.74) is 6.31. The van der Waals surface area contributed by atoms with Gasteiger partial charge in [-0.05, 0) is 18.6 Å². The van der Waals surface area contributed by atoms with Crippen LogP contribution in [0, 0.1) is 6.92 Å². The van der Waals surface area contributed by atoms with Gasteiger partial charge in [0.15, 0.2) is 0 Å². The van der Waals surface area contributed by atoms with Gasteiger partial charge in [-0.25, -0.2) is 0 Å². The Morgan fingerprint density at radius 1 is 1.40 bits per heavy atom. The van der Waals surface area contributed by atoms with E-state index in [1.807, 2.05) is 31.2 Å². The zero-order chi connectivity index (χ0) is 9.68. The van der Waals surface area contributed by atoms with Crippen LogP contribution in [0.3, 0.4) is 0 Å². The monoisotopic (exact) mass is 235 g/mol. The number of nitrogens with two attached hydrogens (primary N) is 1. The van der Waals surface area contributed by atoms with Gasteiger partial charge in [-0.15, -0.1) is 12.4 Å². The minimum absolute atomic E-state index is 0. The fraction of sp³-hybridized carbons (Fsp3) is 0.400. The predicted molar refractivity (Wildman–Crippen MR) is 62.6 cm³/mol. The second-order valence-electron chi connectivity index (χ2n) is 2.97. The zero-order valence-corrected chi connectivity index (χ0v) is 9.46. The van der Waals surface area contributed by atoms with E-state index < -0.39 is 6.10 Å². The number of aryl methyl sites for hydroxylation is 1. The van der Waals surface area contributed by atoms with Gasteiger partial charge >= 0.3 is 0 Å². The summed E-state index contributed by atoms with van der Waals surface area (Å²) in [6.45, 7) is 2.44. The van der Waals surface area contributed by atoms with Gasteiger partial charge in [0.2, 0.25) is 0 Å². The van der Waals surface area contributed by atoms with Gasteiger partial charge in [0.05, 0.1) is 0 Å². The number of aliphatic hydroxyl groups is 1. The Labute approximate surface area is 95.8 Å². The summed E-state index contributed by atoms with van der Waals surface area (Å²) in [6, 6.07) is 7.68. The van der Waals surface area contributed by atoms with Gasteiger partial charge in [0.25, 0.3) is 0 Å². The Kier molecular flexibility index (Phi) is 9.41. The number of ether oxygens (including phenoxy) is 1. The molecule has 0 saturated heterocycles. The molecule has 0 amide bonds. The summed E-state index contributed by atoms with van der Waals surface area (Å²) in [7, 11) is 0. The van der Waals surface area contributed by atoms with E-state index in [1.165, 1.54) is 0 Å². The highest BCUT2D eigenvalue weighted by Gasteiger charge is 2.03. The molecule has 0 radical (unpaired) electrons. The lowest BCUT2D eigenvalue weighted by atomic mass is 10.2. The Morgan fingerprint density at radius 3 is 2.53 bits per heavy atom. The number of benzene rings is 1. The van der Waals surface area contributed by atoms with Crippen LogP contribution in [0.25, 0.3) is 0 Å². The average Bonchev–Trinajstić information content (AvgIpc) is 2.16. The lowest BCUT2D eigenvalue weighted by molar-refractivity contribution is 0.114. The Bertz CT molecular complexity index is 271. The smallest absolute Gasteiger partial charge is 0.122 e. The quantitative estimate of drug-likeness (QED) is 0.787. The molecule has 1 rings (SSSR count). The number of hydrogen-bond donors (Lipinski definition) is 2. The number of para-hydroxylation sites is 1. The van der Waals surface area contributed by atoms with Crippen molar-refractivity contribution in [3.8, 4) is 5.75 Å². The van der Waals surface area contributed by atoms with Gasteiger partial charge in [0, 0.05) is 6.54 Å². The number of rotatable bonds is 4. The Hall–Kier alpha value is -0.810. The first kappa shape index (κ1) is 16.6. The topological polar surface area (TPSA) is 87.0 Å². The van der Waals surface area contributed by atoms with Crippen LogP contribution in [0.2, 0.25) is 0 Å². The van der Waals surface area contributed by atoms with Crippen molar-refractivity contribution in [1.82, 2.24) is 0 Å². The molecule has 15 heavy (non-hydrogen) atoms. The van der Waals surface area contributed by atoms with Crippen LogP contribution in [-0.4, -0.2) is 29.8 Å². The predicted octanol–water partition coefficient (Wildman–Crippen LogP) is 0.291. The molecule has 0 aromatic heterocycles. The van der Waals surface area contributed by atoms with Crippen LogP contribution < -0.4 is 10.5 Å². The van der Waals surface area contributed by atoms with Gasteiger partial charge in [-0.1, -0.05) is 18.2 Å². The minimum Gasteiger partial charge on any atom is -0.491 e. The largest absolute Gasteiger partial charge is 0.491 e. The van der Waals surface area contributed by atoms with E-state index in [0.717, 1.165) is 11.3 Å². The second-order valence-corrected chi connectivity index (χ2v) is 2.97. The normalized spacial score (nSPS) is 10.9. The van der Waals surface area contributed by atoms with Crippen molar-refractivity contribution in [2.75, 3.05) is 13.2 Å². The molecule has 1 aromatic rings. The van der Waals surface area contributed by atoms with Crippen molar-refractivity contribution in [2.45, 2.75) is 13.0 Å². The van der Waals surface area contributed by atoms with Crippen molar-refractivity contribution >= 4 is 12.4 Å². The van der Waals surface area contributed by atoms with Crippen LogP contribution in [0.4, 0.5) is 0 Å². The lowest BCUT2D eigenvalue weighted by Crippen LogP contribution is -2.26. The summed E-state index contributed by atoms with van der Waals surface area (Å²) < 4.78 is 5.36. The highest BCUT2D eigenvalue weighted by atomic mass is 35.5. The third kappa shape index (κ3) is 5.59. The van der Waals surface area contributed by atoms with E-state index in [-0.39, 0.29) is 31.0 Å². The van der Waals surface area contributed by atoms with E-state index in [2.05, 4.69) is 0 Å². The number of aliphatic hydroxyl groups excluding tert-OH is 1. The summed E-state index contributed by atoms with van der Waals surface area (Å²) >= 11 is 0. The van der Waals surface area contributed by atoms with E-state index in [4.69, 9.17) is 15.6 Å². The molecule has 0 spiro atoms. The van der Waals surface area contributed by atoms with Crippen LogP contribution in [0.5, 0.6) is 5.75 Å². The lowest BCUT2D eigenvalue weighted by Gasteiger charge is -2.11. The molecule has 0 bridgehead atoms. The average molecular weight is 236 g/mol. The minimum atomic E-state index is -0.584. The second kappa shape index (κ2) is 8.49. The van der Waals surface area contributed by atoms with Gasteiger partial charge in [-0.2, -0.15) is 0 Å². The van der Waals surface area contributed by atoms with Crippen molar-refractivity contribution in [2.24, 2.45) is 5.73 Å². The summed E-state index contributed by atoms with van der Waals surface area (Å²) in [6.07, 6.45) is -0.584. The molecule has 0 heterocycles. The first-order valence-electron chi connectivity index (χ1n) is 4.30. The molecule has 5 heteroatoms. The third-order valence-electron chi connectivity index (χ3n) is 1.80. The van der Waals surface area contributed by atoms with Crippen molar-refractivity contribution in [3.63, 3.8) is 0 Å². The maximum Gasteiger partial charge on any atom is 0.122 e. The van der Waals surface area contributed by atoms with Gasteiger partial charge in [0.1, 0.15) is 18.5 Å². The van der Waals surface area contributed by atoms with Crippen molar-refractivity contribution in [1.29, 1.82) is 0 Å². The van der Waals surface area contributed by atoms with Crippen LogP contribution in [-0.2, 0) is 0 Å². The molecular formula is C10H18ClNO3. The molecular weight excluding hydrogens is 218 g/mol. The molecule has 5 N–H and O–H groups in total. The molecule has 0 saturated carbocycles. The summed E-state index contributed by atoms with van der Waals surface area (Å²) in [4.78, 5) is 0. The van der Waals surface area contributed by atoms with Crippen LogP contribution in [0.1, 0.15) is 5.56 Å². The highest BCUT2D eigenvalue weighted by molar-refractivity contribution is 5.85. The number of hydrogen-bond acceptors (Lipinski definition) is 3. The first-order chi connectivity index (χ1) is 6.24. The van der Waals surface area contributed by atoms with Gasteiger partial charge in [-0.3, -0.25) is 0 Å².